The number of ketones is 1. The minimum Gasteiger partial charge on any atom is -0.458 e. The van der Waals surface area contributed by atoms with E-state index in [0.717, 1.165) is 12.0 Å². The van der Waals surface area contributed by atoms with E-state index in [1.165, 1.54) is 6.08 Å². The predicted molar refractivity (Wildman–Crippen MR) is 138 cm³/mol. The Kier molecular flexibility index (Phi) is 6.04. The summed E-state index contributed by atoms with van der Waals surface area (Å²) in [5.74, 6) is -1.51. The van der Waals surface area contributed by atoms with Crippen molar-refractivity contribution in [3.05, 3.63) is 11.6 Å². The summed E-state index contributed by atoms with van der Waals surface area (Å²) in [5, 5.41) is 34.6. The van der Waals surface area contributed by atoms with E-state index in [1.54, 1.807) is 14.0 Å². The lowest BCUT2D eigenvalue weighted by molar-refractivity contribution is -0.272. The van der Waals surface area contributed by atoms with E-state index < -0.39 is 58.5 Å². The average Bonchev–Trinajstić information content (AvgIpc) is 3.36. The second kappa shape index (κ2) is 8.81. The lowest BCUT2D eigenvalue weighted by Gasteiger charge is -2.62. The first-order chi connectivity index (χ1) is 18.9. The fourth-order valence-electron chi connectivity index (χ4n) is 10.2. The zero-order valence-electron chi connectivity index (χ0n) is 23.7. The first-order valence-electron chi connectivity index (χ1n) is 14.9. The van der Waals surface area contributed by atoms with E-state index in [2.05, 4.69) is 6.92 Å². The Balaban J connectivity index is 1.14. The topological polar surface area (TPSA) is 144 Å². The highest BCUT2D eigenvalue weighted by molar-refractivity contribution is 5.92. The van der Waals surface area contributed by atoms with Crippen molar-refractivity contribution in [2.75, 3.05) is 13.7 Å². The second-order valence-electron chi connectivity index (χ2n) is 13.9. The molecular formula is C30H42O10. The van der Waals surface area contributed by atoms with E-state index in [-0.39, 0.29) is 42.5 Å². The van der Waals surface area contributed by atoms with Gasteiger partial charge in [0.25, 0.3) is 0 Å². The molecule has 3 aliphatic heterocycles. The van der Waals surface area contributed by atoms with Crippen molar-refractivity contribution in [3.8, 4) is 0 Å². The lowest BCUT2D eigenvalue weighted by atomic mass is 9.41. The van der Waals surface area contributed by atoms with E-state index in [0.29, 0.717) is 38.5 Å². The maximum Gasteiger partial charge on any atom is 0.331 e. The molecule has 0 bridgehead atoms. The fraction of sp³-hybridized carbons (Fsp3) is 0.867. The molecule has 222 valence electrons. The molecule has 0 aromatic rings. The molecule has 10 nitrogen and oxygen atoms in total. The molecule has 7 rings (SSSR count). The fourth-order valence-corrected chi connectivity index (χ4v) is 10.2. The molecule has 0 radical (unpaired) electrons. The van der Waals surface area contributed by atoms with Crippen LogP contribution in [0.5, 0.6) is 0 Å². The number of carbonyl (C=O) groups is 2. The molecule has 6 fully saturated rings. The molecular weight excluding hydrogens is 520 g/mol. The Labute approximate surface area is 234 Å². The summed E-state index contributed by atoms with van der Waals surface area (Å²) in [6, 6.07) is 0. The van der Waals surface area contributed by atoms with Gasteiger partial charge in [-0.2, -0.15) is 0 Å². The summed E-state index contributed by atoms with van der Waals surface area (Å²) in [7, 11) is 1.58. The number of aliphatic hydroxyl groups excluding tert-OH is 2. The van der Waals surface area contributed by atoms with Crippen LogP contribution in [0.3, 0.4) is 0 Å². The number of epoxide rings is 1. The Morgan fingerprint density at radius 1 is 1.07 bits per heavy atom. The van der Waals surface area contributed by atoms with Crippen LogP contribution in [0.25, 0.3) is 0 Å². The van der Waals surface area contributed by atoms with Crippen LogP contribution < -0.4 is 0 Å². The molecule has 4 saturated carbocycles. The molecule has 0 aromatic heterocycles. The third-order valence-electron chi connectivity index (χ3n) is 12.4. The van der Waals surface area contributed by atoms with E-state index in [9.17, 15) is 24.9 Å². The number of rotatable bonds is 4. The van der Waals surface area contributed by atoms with Gasteiger partial charge in [0.1, 0.15) is 30.0 Å². The van der Waals surface area contributed by atoms with Crippen molar-refractivity contribution in [1.29, 1.82) is 0 Å². The van der Waals surface area contributed by atoms with Crippen LogP contribution in [0.1, 0.15) is 65.7 Å². The zero-order valence-corrected chi connectivity index (χ0v) is 23.7. The molecule has 40 heavy (non-hydrogen) atoms. The third-order valence-corrected chi connectivity index (χ3v) is 12.4. The molecule has 4 aliphatic carbocycles. The van der Waals surface area contributed by atoms with Gasteiger partial charge in [0.05, 0.1) is 30.3 Å². The largest absolute Gasteiger partial charge is 0.458 e. The molecule has 1 spiro atoms. The normalized spacial score (nSPS) is 56.9. The number of fused-ring (bicyclic) bond motifs is 3. The summed E-state index contributed by atoms with van der Waals surface area (Å²) in [4.78, 5) is 26.1. The van der Waals surface area contributed by atoms with Crippen LogP contribution in [0.4, 0.5) is 0 Å². The van der Waals surface area contributed by atoms with E-state index in [4.69, 9.17) is 23.7 Å². The minimum absolute atomic E-state index is 0.0751. The molecule has 7 aliphatic rings. The van der Waals surface area contributed by atoms with Gasteiger partial charge in [0.2, 0.25) is 0 Å². The van der Waals surface area contributed by atoms with Crippen LogP contribution in [0, 0.1) is 28.6 Å². The zero-order chi connectivity index (χ0) is 28.4. The number of methoxy groups -OCH3 is 1. The molecule has 0 amide bonds. The smallest absolute Gasteiger partial charge is 0.331 e. The van der Waals surface area contributed by atoms with Crippen molar-refractivity contribution in [3.63, 3.8) is 0 Å². The number of Topliss-reactive ketones (excluding diaryl/α,β-unsaturated/α-hetero) is 1. The molecule has 0 aromatic carbocycles. The number of aliphatic hydroxyl groups is 3. The van der Waals surface area contributed by atoms with Crippen LogP contribution in [0.2, 0.25) is 0 Å². The second-order valence-corrected chi connectivity index (χ2v) is 13.9. The van der Waals surface area contributed by atoms with Gasteiger partial charge in [-0.05, 0) is 68.3 Å². The molecule has 10 heteroatoms. The van der Waals surface area contributed by atoms with E-state index in [1.807, 2.05) is 6.92 Å². The SMILES string of the molecule is CO[C@@H]1C[C@H](O[C@@H]2CC[C@@]3(C)[C@@H](C2)C[C@H]2O[C@]24[C@@H]3C(=O)[C@H](O)[C@]2(C)[C@@H](C3=CC(=O)OC3)CC[C@]24O)O[C@@H](C)[C@@H]1O. The number of cyclic esters (lactones) is 1. The van der Waals surface area contributed by atoms with E-state index >= 15 is 0 Å². The lowest BCUT2D eigenvalue weighted by Crippen LogP contribution is -2.75. The van der Waals surface area contributed by atoms with Gasteiger partial charge in [-0.3, -0.25) is 4.79 Å². The van der Waals surface area contributed by atoms with Crippen LogP contribution in [-0.4, -0.2) is 94.9 Å². The summed E-state index contributed by atoms with van der Waals surface area (Å²) in [5.41, 5.74) is -3.32. The predicted octanol–water partition coefficient (Wildman–Crippen LogP) is 1.42. The molecule has 2 saturated heterocycles. The molecule has 3 heterocycles. The first kappa shape index (κ1) is 27.4. The maximum atomic E-state index is 14.3. The Bertz CT molecular complexity index is 1140. The maximum absolute atomic E-state index is 14.3. The number of hydrogen-bond donors (Lipinski definition) is 3. The van der Waals surface area contributed by atoms with Crippen LogP contribution in [0.15, 0.2) is 11.6 Å². The summed E-state index contributed by atoms with van der Waals surface area (Å²) in [6.45, 7) is 5.87. The van der Waals surface area contributed by atoms with Gasteiger partial charge in [-0.1, -0.05) is 13.8 Å². The minimum atomic E-state index is -1.40. The number of ether oxygens (including phenoxy) is 5. The van der Waals surface area contributed by atoms with Gasteiger partial charge in [0.15, 0.2) is 12.1 Å². The van der Waals surface area contributed by atoms with Crippen molar-refractivity contribution in [2.45, 2.75) is 120 Å². The Hall–Kier alpha value is -1.40. The highest BCUT2D eigenvalue weighted by atomic mass is 16.7. The van der Waals surface area contributed by atoms with Gasteiger partial charge in [0, 0.05) is 25.0 Å². The van der Waals surface area contributed by atoms with Crippen molar-refractivity contribution in [2.24, 2.45) is 28.6 Å². The number of carbonyl (C=O) groups excluding carboxylic acids is 2. The van der Waals surface area contributed by atoms with Crippen molar-refractivity contribution < 1.29 is 48.6 Å². The molecule has 14 atom stereocenters. The van der Waals surface area contributed by atoms with Crippen LogP contribution in [-0.2, 0) is 33.3 Å². The van der Waals surface area contributed by atoms with Crippen molar-refractivity contribution >= 4 is 11.8 Å². The first-order valence-corrected chi connectivity index (χ1v) is 14.9. The van der Waals surface area contributed by atoms with Gasteiger partial charge in [-0.15, -0.1) is 0 Å². The van der Waals surface area contributed by atoms with Crippen molar-refractivity contribution in [1.82, 2.24) is 0 Å². The number of hydrogen-bond acceptors (Lipinski definition) is 10. The average molecular weight is 563 g/mol. The molecule has 3 N–H and O–H groups in total. The van der Waals surface area contributed by atoms with Gasteiger partial charge >= 0.3 is 5.97 Å². The summed E-state index contributed by atoms with van der Waals surface area (Å²) < 4.78 is 29.5. The highest BCUT2D eigenvalue weighted by Gasteiger charge is 2.88. The number of esters is 1. The standard InChI is InChI=1S/C30H42O10/c1-14-23(32)19(36-4)12-22(38-14)39-17-5-7-27(2)16(10-17)11-20-30(40-20)25(27)24(33)26(34)28(3)18(6-8-29(28,30)35)15-9-21(31)37-13-15/h9,14,16-20,22-23,25-26,32,34-35H,5-8,10-13H2,1-4H3/t14-,16-,17+,18+,19+,20+,22-,23-,25+,26-,27-,28-,29-,30-/m0/s1. The third kappa shape index (κ3) is 3.30. The quantitative estimate of drug-likeness (QED) is 0.261. The Morgan fingerprint density at radius 2 is 1.85 bits per heavy atom. The summed E-state index contributed by atoms with van der Waals surface area (Å²) >= 11 is 0. The van der Waals surface area contributed by atoms with Crippen LogP contribution >= 0.6 is 0 Å². The Morgan fingerprint density at radius 3 is 2.55 bits per heavy atom. The monoisotopic (exact) mass is 562 g/mol. The van der Waals surface area contributed by atoms with Gasteiger partial charge in [-0.25, -0.2) is 4.79 Å². The van der Waals surface area contributed by atoms with Gasteiger partial charge < -0.3 is 39.0 Å². The highest BCUT2D eigenvalue weighted by Crippen LogP contribution is 2.76. The molecule has 0 unspecified atom stereocenters. The summed E-state index contributed by atoms with van der Waals surface area (Å²) in [6.07, 6.45) is 2.05.